The fraction of sp³-hybridized carbons (Fsp3) is 0.385. The molecule has 33 heavy (non-hydrogen) atoms. The zero-order valence-electron chi connectivity index (χ0n) is 19.0. The summed E-state index contributed by atoms with van der Waals surface area (Å²) in [7, 11) is 0. The van der Waals surface area contributed by atoms with E-state index in [-0.39, 0.29) is 41.5 Å². The quantitative estimate of drug-likeness (QED) is 0.303. The molecule has 1 aromatic carbocycles. The van der Waals surface area contributed by atoms with Gasteiger partial charge in [-0.25, -0.2) is 4.79 Å². The van der Waals surface area contributed by atoms with Crippen molar-refractivity contribution in [2.45, 2.75) is 33.6 Å². The van der Waals surface area contributed by atoms with Crippen molar-refractivity contribution in [2.24, 2.45) is 28.8 Å². The van der Waals surface area contributed by atoms with Crippen LogP contribution < -0.4 is 0 Å². The smallest absolute Gasteiger partial charge is 0.338 e. The second-order valence-electron chi connectivity index (χ2n) is 9.00. The number of esters is 1. The number of nitrogens with zero attached hydrogens (tertiary/aromatic N) is 3. The van der Waals surface area contributed by atoms with Crippen LogP contribution in [0.1, 0.15) is 47.1 Å². The lowest BCUT2D eigenvalue weighted by Crippen LogP contribution is -2.38. The molecule has 6 rings (SSSR count). The first-order chi connectivity index (χ1) is 15.9. The molecule has 0 N–H and O–H groups in total. The summed E-state index contributed by atoms with van der Waals surface area (Å²) in [5, 5.41) is 5.44. The Bertz CT molecular complexity index is 1160. The summed E-state index contributed by atoms with van der Waals surface area (Å²) in [6.45, 7) is 6.06. The molecule has 4 aliphatic rings. The van der Waals surface area contributed by atoms with Crippen molar-refractivity contribution < 1.29 is 19.1 Å². The highest BCUT2D eigenvalue weighted by atomic mass is 16.5. The molecule has 1 saturated heterocycles. The van der Waals surface area contributed by atoms with Gasteiger partial charge in [0, 0.05) is 22.6 Å². The molecule has 0 unspecified atom stereocenters. The number of fused-ring (bicyclic) bond motifs is 1. The lowest BCUT2D eigenvalue weighted by atomic mass is 9.63. The van der Waals surface area contributed by atoms with Crippen LogP contribution >= 0.6 is 0 Å². The zero-order chi connectivity index (χ0) is 23.3. The van der Waals surface area contributed by atoms with Crippen LogP contribution in [0.25, 0.3) is 5.69 Å². The van der Waals surface area contributed by atoms with Crippen molar-refractivity contribution in [1.29, 1.82) is 0 Å². The fourth-order valence-corrected chi connectivity index (χ4v) is 5.57. The first kappa shape index (κ1) is 21.4. The largest absolute Gasteiger partial charge is 0.462 e. The molecule has 0 radical (unpaired) electrons. The van der Waals surface area contributed by atoms with Crippen LogP contribution in [-0.2, 0) is 14.3 Å². The summed E-state index contributed by atoms with van der Waals surface area (Å²) in [6, 6.07) is 9.20. The van der Waals surface area contributed by atoms with Gasteiger partial charge in [-0.3, -0.25) is 9.59 Å². The summed E-state index contributed by atoms with van der Waals surface area (Å²) in [4.78, 5) is 37.9. The summed E-state index contributed by atoms with van der Waals surface area (Å²) in [5.41, 5.74) is 4.14. The Balaban J connectivity index is 1.39. The van der Waals surface area contributed by atoms with Crippen LogP contribution in [0.2, 0.25) is 0 Å². The number of amides is 2. The Hall–Kier alpha value is -3.48. The number of ether oxygens (including phenoxy) is 1. The van der Waals surface area contributed by atoms with Gasteiger partial charge in [0.1, 0.15) is 0 Å². The van der Waals surface area contributed by atoms with Crippen molar-refractivity contribution in [3.63, 3.8) is 0 Å². The van der Waals surface area contributed by atoms with Gasteiger partial charge in [-0.1, -0.05) is 12.2 Å². The molecular weight excluding hydrogens is 418 g/mol. The number of aryl methyl sites for hydroxylation is 1. The van der Waals surface area contributed by atoms with Crippen molar-refractivity contribution in [1.82, 2.24) is 9.58 Å². The van der Waals surface area contributed by atoms with E-state index in [0.29, 0.717) is 12.2 Å². The number of imide groups is 1. The van der Waals surface area contributed by atoms with Gasteiger partial charge in [-0.15, -0.1) is 0 Å². The summed E-state index contributed by atoms with van der Waals surface area (Å²) in [5.74, 6) is -0.916. The Morgan fingerprint density at radius 2 is 1.67 bits per heavy atom. The molecule has 1 aliphatic heterocycles. The van der Waals surface area contributed by atoms with E-state index < -0.39 is 0 Å². The molecule has 2 bridgehead atoms. The highest BCUT2D eigenvalue weighted by molar-refractivity contribution is 6.06. The molecule has 2 amide bonds. The molecular formula is C26H27N3O4. The first-order valence-electron chi connectivity index (χ1n) is 11.5. The van der Waals surface area contributed by atoms with Crippen LogP contribution in [0.5, 0.6) is 0 Å². The Kier molecular flexibility index (Phi) is 5.27. The highest BCUT2D eigenvalue weighted by Crippen LogP contribution is 2.49. The van der Waals surface area contributed by atoms with Gasteiger partial charge in [0.15, 0.2) is 0 Å². The van der Waals surface area contributed by atoms with Gasteiger partial charge in [-0.05, 0) is 75.8 Å². The molecule has 2 heterocycles. The van der Waals surface area contributed by atoms with E-state index in [1.54, 1.807) is 25.3 Å². The third-order valence-electron chi connectivity index (χ3n) is 7.16. The molecule has 0 spiro atoms. The third kappa shape index (κ3) is 3.43. The SMILES string of the molecule is CCOC(=O)c1ccc(-n2c(C)cc(/C=N\N3C(=O)[C@H]4[C@H](C3=O)[C@H]3C=C[C@H]4CC3)c2C)cc1. The van der Waals surface area contributed by atoms with Crippen LogP contribution in [0, 0.1) is 37.5 Å². The Labute approximate surface area is 192 Å². The van der Waals surface area contributed by atoms with Gasteiger partial charge in [0.25, 0.3) is 11.8 Å². The monoisotopic (exact) mass is 445 g/mol. The van der Waals surface area contributed by atoms with E-state index in [0.717, 1.165) is 40.5 Å². The van der Waals surface area contributed by atoms with Gasteiger partial charge >= 0.3 is 5.97 Å². The fourth-order valence-electron chi connectivity index (χ4n) is 5.57. The number of carbonyl (C=O) groups excluding carboxylic acids is 3. The van der Waals surface area contributed by atoms with Gasteiger partial charge < -0.3 is 9.30 Å². The van der Waals surface area contributed by atoms with E-state index in [2.05, 4.69) is 17.3 Å². The van der Waals surface area contributed by atoms with Gasteiger partial charge in [0.2, 0.25) is 0 Å². The maximum Gasteiger partial charge on any atom is 0.338 e. The number of rotatable bonds is 5. The Morgan fingerprint density at radius 3 is 2.21 bits per heavy atom. The number of allylic oxidation sites excluding steroid dienone is 2. The predicted molar refractivity (Wildman–Crippen MR) is 123 cm³/mol. The van der Waals surface area contributed by atoms with Crippen molar-refractivity contribution in [2.75, 3.05) is 6.61 Å². The van der Waals surface area contributed by atoms with Gasteiger partial charge in [0.05, 0.1) is 30.2 Å². The molecule has 4 atom stereocenters. The minimum atomic E-state index is -0.345. The minimum absolute atomic E-state index is 0.152. The number of hydrazone groups is 1. The highest BCUT2D eigenvalue weighted by Gasteiger charge is 2.56. The zero-order valence-corrected chi connectivity index (χ0v) is 19.0. The molecule has 170 valence electrons. The average Bonchev–Trinajstić information content (AvgIpc) is 3.26. The van der Waals surface area contributed by atoms with E-state index >= 15 is 0 Å². The van der Waals surface area contributed by atoms with Crippen molar-refractivity contribution >= 4 is 24.0 Å². The van der Waals surface area contributed by atoms with Crippen LogP contribution in [0.15, 0.2) is 47.6 Å². The van der Waals surface area contributed by atoms with E-state index in [4.69, 9.17) is 4.74 Å². The van der Waals surface area contributed by atoms with Crippen LogP contribution in [0.3, 0.4) is 0 Å². The van der Waals surface area contributed by atoms with Crippen LogP contribution in [-0.4, -0.2) is 40.2 Å². The lowest BCUT2D eigenvalue weighted by molar-refractivity contribution is -0.140. The third-order valence-corrected chi connectivity index (χ3v) is 7.16. The molecule has 7 heteroatoms. The summed E-state index contributed by atoms with van der Waals surface area (Å²) < 4.78 is 7.10. The lowest BCUT2D eigenvalue weighted by Gasteiger charge is -2.37. The standard InChI is InChI=1S/C26H27N3O4/c1-4-33-26(32)19-9-11-21(12-10-19)28-15(2)13-20(16(28)3)14-27-29-24(30)22-17-5-6-18(8-7-17)23(22)25(29)31/h5-6,9-14,17-18,22-23H,4,7-8H2,1-3H3/b27-14-/t17-,18-,22+,23+/m0/s1. The number of hydrogen-bond donors (Lipinski definition) is 0. The minimum Gasteiger partial charge on any atom is -0.462 e. The van der Waals surface area contributed by atoms with E-state index in [9.17, 15) is 14.4 Å². The maximum atomic E-state index is 13.0. The van der Waals surface area contributed by atoms with E-state index in [1.807, 2.05) is 36.6 Å². The second-order valence-corrected chi connectivity index (χ2v) is 9.00. The first-order valence-corrected chi connectivity index (χ1v) is 11.5. The number of carbonyl (C=O) groups is 3. The van der Waals surface area contributed by atoms with Gasteiger partial charge in [-0.2, -0.15) is 10.1 Å². The van der Waals surface area contributed by atoms with E-state index in [1.165, 1.54) is 0 Å². The Morgan fingerprint density at radius 1 is 1.06 bits per heavy atom. The van der Waals surface area contributed by atoms with Crippen LogP contribution in [0.4, 0.5) is 0 Å². The molecule has 7 nitrogen and oxygen atoms in total. The number of hydrogen-bond acceptors (Lipinski definition) is 5. The molecule has 2 fully saturated rings. The second kappa shape index (κ2) is 8.14. The molecule has 1 saturated carbocycles. The van der Waals surface area contributed by atoms with Crippen molar-refractivity contribution in [3.8, 4) is 5.69 Å². The topological polar surface area (TPSA) is 81.0 Å². The maximum absolute atomic E-state index is 13.0. The summed E-state index contributed by atoms with van der Waals surface area (Å²) in [6.07, 6.45) is 7.75. The normalized spacial score (nSPS) is 25.8. The predicted octanol–water partition coefficient (Wildman–Crippen LogP) is 3.80. The van der Waals surface area contributed by atoms with Crippen molar-refractivity contribution in [3.05, 3.63) is 65.0 Å². The summed E-state index contributed by atoms with van der Waals surface area (Å²) >= 11 is 0. The number of benzene rings is 1. The number of aromatic nitrogens is 1. The average molecular weight is 446 g/mol. The molecule has 1 aromatic heterocycles. The molecule has 3 aliphatic carbocycles. The molecule has 2 aromatic rings.